The fraction of sp³-hybridized carbons (Fsp3) is 0.400. The molecule has 1 atom stereocenters. The van der Waals surface area contributed by atoms with Gasteiger partial charge in [0.05, 0.1) is 5.70 Å². The fourth-order valence-corrected chi connectivity index (χ4v) is 3.91. The Kier molecular flexibility index (Phi) is 6.56. The number of nitrogens with one attached hydrogen (secondary N) is 1. The molecule has 3 rings (SSSR count). The number of aliphatic imine (C=N–C) groups is 1. The Hall–Kier alpha value is -2.55. The van der Waals surface area contributed by atoms with Crippen LogP contribution in [0.3, 0.4) is 0 Å². The highest BCUT2D eigenvalue weighted by Crippen LogP contribution is 2.35. The van der Waals surface area contributed by atoms with Crippen LogP contribution in [0.25, 0.3) is 0 Å². The number of rotatable bonds is 8. The Bertz CT molecular complexity index is 811. The van der Waals surface area contributed by atoms with Gasteiger partial charge in [-0.2, -0.15) is 0 Å². The summed E-state index contributed by atoms with van der Waals surface area (Å²) in [6, 6.07) is 8.53. The summed E-state index contributed by atoms with van der Waals surface area (Å²) < 4.78 is 0. The molecule has 3 nitrogen and oxygen atoms in total. The first kappa shape index (κ1) is 20.2. The Balaban J connectivity index is 1.92. The third kappa shape index (κ3) is 4.46. The van der Waals surface area contributed by atoms with E-state index in [4.69, 9.17) is 4.99 Å². The van der Waals surface area contributed by atoms with Crippen molar-refractivity contribution in [3.63, 3.8) is 0 Å². The molecule has 1 aromatic rings. The molecule has 0 aliphatic carbocycles. The largest absolute Gasteiger partial charge is 0.370 e. The summed E-state index contributed by atoms with van der Waals surface area (Å²) in [5.41, 5.74) is 7.00. The number of hydrogen-bond donors (Lipinski definition) is 1. The van der Waals surface area contributed by atoms with Crippen molar-refractivity contribution in [2.24, 2.45) is 10.9 Å². The van der Waals surface area contributed by atoms with E-state index in [9.17, 15) is 0 Å². The van der Waals surface area contributed by atoms with Gasteiger partial charge in [-0.05, 0) is 26.2 Å². The molecule has 2 aliphatic rings. The van der Waals surface area contributed by atoms with Crippen LogP contribution in [0.2, 0.25) is 0 Å². The minimum Gasteiger partial charge on any atom is -0.370 e. The SMILES string of the molecule is C=CCCC(=C)N1CC2=C(N=C(c3ccc(C)cc3)NC2=C)C(CCCC)C1. The van der Waals surface area contributed by atoms with Crippen molar-refractivity contribution in [2.45, 2.75) is 46.0 Å². The average molecular weight is 376 g/mol. The number of allylic oxidation sites excluding steroid dienone is 2. The van der Waals surface area contributed by atoms with Crippen molar-refractivity contribution >= 4 is 5.84 Å². The lowest BCUT2D eigenvalue weighted by Crippen LogP contribution is -2.41. The molecular weight excluding hydrogens is 342 g/mol. The zero-order valence-corrected chi connectivity index (χ0v) is 17.4. The van der Waals surface area contributed by atoms with E-state index in [-0.39, 0.29) is 0 Å². The second kappa shape index (κ2) is 9.09. The summed E-state index contributed by atoms with van der Waals surface area (Å²) in [6.07, 6.45) is 7.46. The Morgan fingerprint density at radius 2 is 2.07 bits per heavy atom. The van der Waals surface area contributed by atoms with E-state index in [1.165, 1.54) is 35.4 Å². The number of hydrogen-bond acceptors (Lipinski definition) is 3. The third-order valence-corrected chi connectivity index (χ3v) is 5.67. The minimum absolute atomic E-state index is 0.420. The van der Waals surface area contributed by atoms with Crippen LogP contribution in [-0.2, 0) is 0 Å². The molecular formula is C25H33N3. The van der Waals surface area contributed by atoms with Crippen LogP contribution < -0.4 is 5.32 Å². The highest BCUT2D eigenvalue weighted by Gasteiger charge is 2.32. The summed E-state index contributed by atoms with van der Waals surface area (Å²) in [5, 5.41) is 3.46. The Morgan fingerprint density at radius 3 is 2.75 bits per heavy atom. The molecule has 1 N–H and O–H groups in total. The van der Waals surface area contributed by atoms with Crippen LogP contribution in [-0.4, -0.2) is 23.8 Å². The van der Waals surface area contributed by atoms with Gasteiger partial charge in [-0.25, -0.2) is 4.99 Å². The predicted molar refractivity (Wildman–Crippen MR) is 120 cm³/mol. The van der Waals surface area contributed by atoms with Crippen molar-refractivity contribution < 1.29 is 0 Å². The molecule has 148 valence electrons. The van der Waals surface area contributed by atoms with Crippen LogP contribution in [0.1, 0.15) is 50.2 Å². The number of aryl methyl sites for hydroxylation is 1. The molecule has 0 bridgehead atoms. The van der Waals surface area contributed by atoms with Gasteiger partial charge in [-0.1, -0.05) is 68.8 Å². The minimum atomic E-state index is 0.420. The van der Waals surface area contributed by atoms with Gasteiger partial charge >= 0.3 is 0 Å². The van der Waals surface area contributed by atoms with Gasteiger partial charge in [0, 0.05) is 41.5 Å². The second-order valence-corrected chi connectivity index (χ2v) is 7.91. The summed E-state index contributed by atoms with van der Waals surface area (Å²) in [7, 11) is 0. The topological polar surface area (TPSA) is 27.6 Å². The molecule has 1 aromatic carbocycles. The quantitative estimate of drug-likeness (QED) is 0.589. The number of amidine groups is 1. The molecule has 0 amide bonds. The summed E-state index contributed by atoms with van der Waals surface area (Å²) in [5.74, 6) is 1.34. The van der Waals surface area contributed by atoms with Crippen LogP contribution >= 0.6 is 0 Å². The van der Waals surface area contributed by atoms with E-state index in [0.29, 0.717) is 5.92 Å². The Labute approximate surface area is 170 Å². The molecule has 2 heterocycles. The van der Waals surface area contributed by atoms with Crippen LogP contribution in [0.4, 0.5) is 0 Å². The molecule has 0 aromatic heterocycles. The summed E-state index contributed by atoms with van der Waals surface area (Å²) in [6.45, 7) is 18.7. The summed E-state index contributed by atoms with van der Waals surface area (Å²) >= 11 is 0. The average Bonchev–Trinajstić information content (AvgIpc) is 2.70. The van der Waals surface area contributed by atoms with Gasteiger partial charge in [-0.3, -0.25) is 0 Å². The smallest absolute Gasteiger partial charge is 0.137 e. The number of nitrogens with zero attached hydrogens (tertiary/aromatic N) is 2. The van der Waals surface area contributed by atoms with E-state index < -0.39 is 0 Å². The molecule has 1 unspecified atom stereocenters. The third-order valence-electron chi connectivity index (χ3n) is 5.67. The zero-order valence-electron chi connectivity index (χ0n) is 17.4. The van der Waals surface area contributed by atoms with E-state index in [2.05, 4.69) is 68.1 Å². The predicted octanol–water partition coefficient (Wildman–Crippen LogP) is 5.71. The van der Waals surface area contributed by atoms with Crippen molar-refractivity contribution in [3.8, 4) is 0 Å². The normalized spacial score (nSPS) is 19.1. The molecule has 0 spiro atoms. The molecule has 0 saturated heterocycles. The maximum atomic E-state index is 5.10. The molecule has 0 fully saturated rings. The second-order valence-electron chi connectivity index (χ2n) is 7.91. The Morgan fingerprint density at radius 1 is 1.32 bits per heavy atom. The van der Waals surface area contributed by atoms with Crippen molar-refractivity contribution in [1.29, 1.82) is 0 Å². The van der Waals surface area contributed by atoms with E-state index in [1.807, 2.05) is 6.08 Å². The van der Waals surface area contributed by atoms with Gasteiger partial charge in [0.1, 0.15) is 5.84 Å². The van der Waals surface area contributed by atoms with Crippen molar-refractivity contribution in [2.75, 3.05) is 13.1 Å². The van der Waals surface area contributed by atoms with Gasteiger partial charge in [0.2, 0.25) is 0 Å². The number of benzene rings is 1. The standard InChI is InChI=1S/C25H33N3/c1-6-8-10-19(4)28-16-22(11-9-7-2)24-23(17-28)20(5)26-25(27-24)21-14-12-18(3)13-15-21/h6,12-15,22H,1,4-5,7-11,16-17H2,2-3H3,(H,26,27). The lowest BCUT2D eigenvalue weighted by atomic mass is 9.88. The molecule has 3 heteroatoms. The first-order valence-electron chi connectivity index (χ1n) is 10.4. The molecule has 0 radical (unpaired) electrons. The highest BCUT2D eigenvalue weighted by atomic mass is 15.2. The first-order chi connectivity index (χ1) is 13.5. The fourth-order valence-electron chi connectivity index (χ4n) is 3.91. The number of unbranched alkanes of at least 4 members (excludes halogenated alkanes) is 1. The van der Waals surface area contributed by atoms with Gasteiger partial charge in [-0.15, -0.1) is 6.58 Å². The maximum Gasteiger partial charge on any atom is 0.137 e. The highest BCUT2D eigenvalue weighted by molar-refractivity contribution is 6.01. The maximum absolute atomic E-state index is 5.10. The monoisotopic (exact) mass is 375 g/mol. The van der Waals surface area contributed by atoms with Gasteiger partial charge in [0.15, 0.2) is 0 Å². The first-order valence-corrected chi connectivity index (χ1v) is 10.4. The van der Waals surface area contributed by atoms with Crippen LogP contribution in [0.5, 0.6) is 0 Å². The van der Waals surface area contributed by atoms with Gasteiger partial charge < -0.3 is 10.2 Å². The zero-order chi connectivity index (χ0) is 20.1. The van der Waals surface area contributed by atoms with E-state index in [0.717, 1.165) is 49.4 Å². The van der Waals surface area contributed by atoms with Crippen LogP contribution in [0, 0.1) is 12.8 Å². The van der Waals surface area contributed by atoms with Crippen molar-refractivity contribution in [3.05, 3.63) is 83.9 Å². The van der Waals surface area contributed by atoms with Gasteiger partial charge in [0.25, 0.3) is 0 Å². The van der Waals surface area contributed by atoms with Crippen molar-refractivity contribution in [1.82, 2.24) is 10.2 Å². The lowest BCUT2D eigenvalue weighted by Gasteiger charge is -2.40. The molecule has 0 saturated carbocycles. The molecule has 2 aliphatic heterocycles. The lowest BCUT2D eigenvalue weighted by molar-refractivity contribution is 0.280. The van der Waals surface area contributed by atoms with E-state index >= 15 is 0 Å². The van der Waals surface area contributed by atoms with E-state index in [1.54, 1.807) is 0 Å². The summed E-state index contributed by atoms with van der Waals surface area (Å²) in [4.78, 5) is 7.51. The van der Waals surface area contributed by atoms with Crippen LogP contribution in [0.15, 0.2) is 77.7 Å². The molecule has 28 heavy (non-hydrogen) atoms.